The summed E-state index contributed by atoms with van der Waals surface area (Å²) in [6.45, 7) is 10.8. The average molecular weight is 552 g/mol. The molecule has 176 valence electrons. The van der Waals surface area contributed by atoms with Gasteiger partial charge in [-0.25, -0.2) is 0 Å². The summed E-state index contributed by atoms with van der Waals surface area (Å²) in [5.41, 5.74) is 3.76. The third kappa shape index (κ3) is 7.94. The molecule has 1 fully saturated rings. The number of aliphatic imine (C=N–C) groups is 1. The first kappa shape index (κ1) is 26.4. The van der Waals surface area contributed by atoms with E-state index in [1.165, 1.54) is 16.8 Å². The minimum Gasteiger partial charge on any atom is -0.377 e. The zero-order valence-corrected chi connectivity index (χ0v) is 22.1. The number of halogens is 1. The Hall–Kier alpha value is -1.84. The van der Waals surface area contributed by atoms with Crippen molar-refractivity contribution in [1.82, 2.24) is 15.5 Å². The number of hydrogen-bond acceptors (Lipinski definition) is 4. The van der Waals surface area contributed by atoms with E-state index in [1.54, 1.807) is 14.2 Å². The molecule has 1 aliphatic heterocycles. The zero-order chi connectivity index (χ0) is 22.1. The van der Waals surface area contributed by atoms with Gasteiger partial charge in [-0.1, -0.05) is 42.5 Å². The molecule has 7 heteroatoms. The van der Waals surface area contributed by atoms with Gasteiger partial charge in [0.05, 0.1) is 5.60 Å². The van der Waals surface area contributed by atoms with Crippen molar-refractivity contribution in [2.75, 3.05) is 51.8 Å². The highest BCUT2D eigenvalue weighted by molar-refractivity contribution is 14.0. The van der Waals surface area contributed by atoms with Gasteiger partial charge in [-0.3, -0.25) is 9.89 Å². The number of benzene rings is 2. The van der Waals surface area contributed by atoms with Crippen molar-refractivity contribution in [3.8, 4) is 0 Å². The molecule has 0 amide bonds. The number of rotatable bonds is 8. The Balaban J connectivity index is 0.00000363. The molecule has 1 heterocycles. The van der Waals surface area contributed by atoms with Crippen molar-refractivity contribution >= 4 is 35.6 Å². The first-order valence-corrected chi connectivity index (χ1v) is 11.1. The predicted molar refractivity (Wildman–Crippen MR) is 145 cm³/mol. The van der Waals surface area contributed by atoms with E-state index in [9.17, 15) is 0 Å². The van der Waals surface area contributed by atoms with Crippen molar-refractivity contribution in [3.05, 3.63) is 65.7 Å². The van der Waals surface area contributed by atoms with E-state index in [2.05, 4.69) is 93.9 Å². The van der Waals surface area contributed by atoms with Crippen molar-refractivity contribution in [2.24, 2.45) is 4.99 Å². The third-order valence-electron chi connectivity index (χ3n) is 5.91. The second-order valence-corrected chi connectivity index (χ2v) is 8.61. The second-order valence-electron chi connectivity index (χ2n) is 8.61. The standard InChI is InChI=1S/C25H37N5O.HI/c1-25(2,31-4)20-28-24(26-3)27-18-21-10-8-9-11-22(21)19-29-14-16-30(17-15-29)23-12-6-5-7-13-23;/h5-13H,14-20H2,1-4H3,(H2,26,27,28);1H. The van der Waals surface area contributed by atoms with Gasteiger partial charge in [-0.15, -0.1) is 24.0 Å². The van der Waals surface area contributed by atoms with Gasteiger partial charge in [0, 0.05) is 65.7 Å². The predicted octanol–water partition coefficient (Wildman–Crippen LogP) is 3.72. The van der Waals surface area contributed by atoms with E-state index >= 15 is 0 Å². The number of methoxy groups -OCH3 is 1. The normalized spacial score (nSPS) is 15.2. The Morgan fingerprint density at radius 1 is 0.938 bits per heavy atom. The van der Waals surface area contributed by atoms with E-state index in [-0.39, 0.29) is 29.6 Å². The summed E-state index contributed by atoms with van der Waals surface area (Å²) < 4.78 is 5.48. The molecule has 6 nitrogen and oxygen atoms in total. The Bertz CT molecular complexity index is 835. The molecular formula is C25H38IN5O. The molecule has 2 N–H and O–H groups in total. The first-order chi connectivity index (χ1) is 15.0. The number of hydrogen-bond donors (Lipinski definition) is 2. The second kappa shape index (κ2) is 13.0. The Morgan fingerprint density at radius 3 is 2.19 bits per heavy atom. The molecule has 0 spiro atoms. The van der Waals surface area contributed by atoms with Gasteiger partial charge in [-0.2, -0.15) is 0 Å². The fraction of sp³-hybridized carbons (Fsp3) is 0.480. The van der Waals surface area contributed by atoms with Crippen LogP contribution in [0.5, 0.6) is 0 Å². The lowest BCUT2D eigenvalue weighted by molar-refractivity contribution is 0.0268. The average Bonchev–Trinajstić information content (AvgIpc) is 2.81. The van der Waals surface area contributed by atoms with Crippen molar-refractivity contribution in [3.63, 3.8) is 0 Å². The molecule has 0 bridgehead atoms. The van der Waals surface area contributed by atoms with Crippen LogP contribution in [0.1, 0.15) is 25.0 Å². The van der Waals surface area contributed by atoms with Gasteiger partial charge < -0.3 is 20.3 Å². The molecule has 1 aliphatic rings. The van der Waals surface area contributed by atoms with Crippen molar-refractivity contribution in [2.45, 2.75) is 32.5 Å². The topological polar surface area (TPSA) is 52.1 Å². The summed E-state index contributed by atoms with van der Waals surface area (Å²) in [5.74, 6) is 0.788. The van der Waals surface area contributed by atoms with Crippen molar-refractivity contribution in [1.29, 1.82) is 0 Å². The van der Waals surface area contributed by atoms with Crippen LogP contribution in [0.2, 0.25) is 0 Å². The van der Waals surface area contributed by atoms with Gasteiger partial charge in [0.15, 0.2) is 5.96 Å². The van der Waals surface area contributed by atoms with Crippen LogP contribution < -0.4 is 15.5 Å². The first-order valence-electron chi connectivity index (χ1n) is 11.1. The molecule has 0 aromatic heterocycles. The van der Waals surface area contributed by atoms with Crippen LogP contribution in [0.25, 0.3) is 0 Å². The summed E-state index contributed by atoms with van der Waals surface area (Å²) in [6.07, 6.45) is 0. The lowest BCUT2D eigenvalue weighted by Gasteiger charge is -2.36. The fourth-order valence-electron chi connectivity index (χ4n) is 3.70. The smallest absolute Gasteiger partial charge is 0.191 e. The molecule has 0 saturated carbocycles. The lowest BCUT2D eigenvalue weighted by atomic mass is 10.1. The number of piperazine rings is 1. The zero-order valence-electron chi connectivity index (χ0n) is 19.8. The highest BCUT2D eigenvalue weighted by atomic mass is 127. The highest BCUT2D eigenvalue weighted by Crippen LogP contribution is 2.18. The van der Waals surface area contributed by atoms with Gasteiger partial charge in [-0.05, 0) is 37.1 Å². The summed E-state index contributed by atoms with van der Waals surface area (Å²) in [4.78, 5) is 9.37. The van der Waals surface area contributed by atoms with E-state index in [0.29, 0.717) is 6.54 Å². The van der Waals surface area contributed by atoms with Crippen LogP contribution in [-0.4, -0.2) is 63.3 Å². The maximum atomic E-state index is 5.48. The molecule has 2 aromatic carbocycles. The van der Waals surface area contributed by atoms with E-state index in [4.69, 9.17) is 4.74 Å². The highest BCUT2D eigenvalue weighted by Gasteiger charge is 2.19. The Kier molecular flexibility index (Phi) is 10.7. The van der Waals surface area contributed by atoms with Gasteiger partial charge in [0.1, 0.15) is 0 Å². The molecule has 0 unspecified atom stereocenters. The maximum absolute atomic E-state index is 5.48. The molecule has 32 heavy (non-hydrogen) atoms. The largest absolute Gasteiger partial charge is 0.377 e. The molecule has 0 radical (unpaired) electrons. The van der Waals surface area contributed by atoms with Crippen molar-refractivity contribution < 1.29 is 4.74 Å². The molecule has 0 aliphatic carbocycles. The maximum Gasteiger partial charge on any atom is 0.191 e. The number of guanidine groups is 1. The fourth-order valence-corrected chi connectivity index (χ4v) is 3.70. The minimum atomic E-state index is -0.239. The van der Waals surface area contributed by atoms with Gasteiger partial charge >= 0.3 is 0 Å². The molecule has 3 rings (SSSR count). The van der Waals surface area contributed by atoms with E-state index < -0.39 is 0 Å². The Labute approximate surface area is 210 Å². The number of nitrogens with one attached hydrogen (secondary N) is 2. The minimum absolute atomic E-state index is 0. The van der Waals surface area contributed by atoms with E-state index in [0.717, 1.165) is 45.2 Å². The quantitative estimate of drug-likeness (QED) is 0.298. The van der Waals surface area contributed by atoms with Crippen LogP contribution in [0.3, 0.4) is 0 Å². The molecular weight excluding hydrogens is 513 g/mol. The summed E-state index contributed by atoms with van der Waals surface area (Å²) in [6, 6.07) is 19.4. The van der Waals surface area contributed by atoms with Crippen LogP contribution in [0.15, 0.2) is 59.6 Å². The Morgan fingerprint density at radius 2 is 1.56 bits per heavy atom. The van der Waals surface area contributed by atoms with Gasteiger partial charge in [0.2, 0.25) is 0 Å². The summed E-state index contributed by atoms with van der Waals surface area (Å²) in [5, 5.41) is 6.80. The number of anilines is 1. The molecule has 2 aromatic rings. The van der Waals surface area contributed by atoms with Crippen LogP contribution >= 0.6 is 24.0 Å². The molecule has 1 saturated heterocycles. The third-order valence-corrected chi connectivity index (χ3v) is 5.91. The van der Waals surface area contributed by atoms with Crippen LogP contribution in [0, 0.1) is 0 Å². The summed E-state index contributed by atoms with van der Waals surface area (Å²) in [7, 11) is 3.53. The van der Waals surface area contributed by atoms with Gasteiger partial charge in [0.25, 0.3) is 0 Å². The molecule has 0 atom stereocenters. The van der Waals surface area contributed by atoms with Crippen LogP contribution in [-0.2, 0) is 17.8 Å². The monoisotopic (exact) mass is 551 g/mol. The van der Waals surface area contributed by atoms with Crippen LogP contribution in [0.4, 0.5) is 5.69 Å². The SMILES string of the molecule is CN=C(NCc1ccccc1CN1CCN(c2ccccc2)CC1)NCC(C)(C)OC.I. The summed E-state index contributed by atoms with van der Waals surface area (Å²) >= 11 is 0. The number of para-hydroxylation sites is 1. The lowest BCUT2D eigenvalue weighted by Crippen LogP contribution is -2.46. The number of ether oxygens (including phenoxy) is 1. The number of nitrogens with zero attached hydrogens (tertiary/aromatic N) is 3. The van der Waals surface area contributed by atoms with E-state index in [1.807, 2.05) is 0 Å².